The predicted octanol–water partition coefficient (Wildman–Crippen LogP) is 2.35. The average molecular weight is 209 g/mol. The SMILES string of the molecule is O=C(O)CSC1CCCCC1Cl. The number of carboxylic acid groups (broad SMARTS) is 1. The molecule has 0 amide bonds. The van der Waals surface area contributed by atoms with Crippen molar-refractivity contribution < 1.29 is 9.90 Å². The highest BCUT2D eigenvalue weighted by atomic mass is 35.5. The minimum absolute atomic E-state index is 0.183. The Hall–Kier alpha value is 0.110. The lowest BCUT2D eigenvalue weighted by atomic mass is 10.00. The number of rotatable bonds is 3. The van der Waals surface area contributed by atoms with Crippen molar-refractivity contribution in [1.82, 2.24) is 0 Å². The van der Waals surface area contributed by atoms with Crippen molar-refractivity contribution in [3.63, 3.8) is 0 Å². The molecule has 70 valence electrons. The fraction of sp³-hybridized carbons (Fsp3) is 0.875. The lowest BCUT2D eigenvalue weighted by molar-refractivity contribution is -0.133. The second kappa shape index (κ2) is 4.97. The molecule has 0 radical (unpaired) electrons. The highest BCUT2D eigenvalue weighted by Crippen LogP contribution is 2.31. The number of alkyl halides is 1. The average Bonchev–Trinajstić information content (AvgIpc) is 2.03. The molecule has 2 unspecified atom stereocenters. The van der Waals surface area contributed by atoms with Crippen molar-refractivity contribution in [2.24, 2.45) is 0 Å². The molecule has 2 nitrogen and oxygen atoms in total. The van der Waals surface area contributed by atoms with Gasteiger partial charge in [0.05, 0.1) is 5.75 Å². The summed E-state index contributed by atoms with van der Waals surface area (Å²) in [6.07, 6.45) is 4.50. The Morgan fingerprint density at radius 2 is 2.17 bits per heavy atom. The van der Waals surface area contributed by atoms with Crippen LogP contribution in [0.25, 0.3) is 0 Å². The van der Waals surface area contributed by atoms with Crippen molar-refractivity contribution in [2.75, 3.05) is 5.75 Å². The van der Waals surface area contributed by atoms with E-state index in [1.165, 1.54) is 24.6 Å². The quantitative estimate of drug-likeness (QED) is 0.724. The minimum atomic E-state index is -0.741. The van der Waals surface area contributed by atoms with E-state index in [0.717, 1.165) is 12.8 Å². The third kappa shape index (κ3) is 3.23. The zero-order valence-electron chi connectivity index (χ0n) is 6.83. The van der Waals surface area contributed by atoms with Crippen LogP contribution in [0.3, 0.4) is 0 Å². The molecule has 1 aliphatic carbocycles. The molecular formula is C8H13ClO2S. The van der Waals surface area contributed by atoms with E-state index in [-0.39, 0.29) is 11.1 Å². The van der Waals surface area contributed by atoms with Crippen LogP contribution in [0, 0.1) is 0 Å². The van der Waals surface area contributed by atoms with Crippen LogP contribution < -0.4 is 0 Å². The lowest BCUT2D eigenvalue weighted by Gasteiger charge is -2.25. The molecule has 0 aromatic carbocycles. The van der Waals surface area contributed by atoms with E-state index in [2.05, 4.69) is 0 Å². The van der Waals surface area contributed by atoms with Gasteiger partial charge in [0.2, 0.25) is 0 Å². The molecule has 0 aliphatic heterocycles. The first-order valence-corrected chi connectivity index (χ1v) is 5.66. The first kappa shape index (κ1) is 10.2. The molecule has 1 N–H and O–H groups in total. The largest absolute Gasteiger partial charge is 0.481 e. The van der Waals surface area contributed by atoms with E-state index in [4.69, 9.17) is 16.7 Å². The predicted molar refractivity (Wildman–Crippen MR) is 52.0 cm³/mol. The van der Waals surface area contributed by atoms with Gasteiger partial charge in [0.25, 0.3) is 0 Å². The number of hydrogen-bond donors (Lipinski definition) is 1. The smallest absolute Gasteiger partial charge is 0.313 e. The van der Waals surface area contributed by atoms with Crippen LogP contribution in [0.4, 0.5) is 0 Å². The topological polar surface area (TPSA) is 37.3 Å². The van der Waals surface area contributed by atoms with Gasteiger partial charge in [0, 0.05) is 10.6 Å². The fourth-order valence-corrected chi connectivity index (χ4v) is 2.95. The molecular weight excluding hydrogens is 196 g/mol. The fourth-order valence-electron chi connectivity index (χ4n) is 1.42. The molecule has 0 bridgehead atoms. The van der Waals surface area contributed by atoms with Crippen LogP contribution in [0.5, 0.6) is 0 Å². The summed E-state index contributed by atoms with van der Waals surface area (Å²) in [7, 11) is 0. The number of carbonyl (C=O) groups is 1. The molecule has 0 heterocycles. The summed E-state index contributed by atoms with van der Waals surface area (Å²) in [5, 5.41) is 9.01. The number of hydrogen-bond acceptors (Lipinski definition) is 2. The molecule has 4 heteroatoms. The summed E-state index contributed by atoms with van der Waals surface area (Å²) < 4.78 is 0. The van der Waals surface area contributed by atoms with Crippen LogP contribution >= 0.6 is 23.4 Å². The van der Waals surface area contributed by atoms with Gasteiger partial charge in [-0.05, 0) is 12.8 Å². The van der Waals surface area contributed by atoms with Gasteiger partial charge in [0.1, 0.15) is 0 Å². The van der Waals surface area contributed by atoms with E-state index in [0.29, 0.717) is 5.25 Å². The lowest BCUT2D eigenvalue weighted by Crippen LogP contribution is -2.23. The molecule has 2 atom stereocenters. The van der Waals surface area contributed by atoms with Crippen LogP contribution in [0.2, 0.25) is 0 Å². The maximum Gasteiger partial charge on any atom is 0.313 e. The van der Waals surface area contributed by atoms with E-state index < -0.39 is 5.97 Å². The summed E-state index contributed by atoms with van der Waals surface area (Å²) in [6, 6.07) is 0. The van der Waals surface area contributed by atoms with Crippen molar-refractivity contribution in [2.45, 2.75) is 36.3 Å². The zero-order chi connectivity index (χ0) is 8.97. The van der Waals surface area contributed by atoms with Crippen molar-refractivity contribution in [3.8, 4) is 0 Å². The molecule has 0 aromatic heterocycles. The summed E-state index contributed by atoms with van der Waals surface area (Å²) in [4.78, 5) is 10.3. The molecule has 12 heavy (non-hydrogen) atoms. The maximum absolute atomic E-state index is 10.3. The van der Waals surface area contributed by atoms with Crippen LogP contribution in [0.1, 0.15) is 25.7 Å². The van der Waals surface area contributed by atoms with Crippen molar-refractivity contribution in [3.05, 3.63) is 0 Å². The standard InChI is InChI=1S/C8H13ClO2S/c9-6-3-1-2-4-7(6)12-5-8(10)11/h6-7H,1-5H2,(H,10,11). The summed E-state index contributed by atoms with van der Waals surface area (Å²) in [5.41, 5.74) is 0. The van der Waals surface area contributed by atoms with Gasteiger partial charge in [-0.1, -0.05) is 12.8 Å². The molecule has 0 spiro atoms. The summed E-state index contributed by atoms with van der Waals surface area (Å²) in [6.45, 7) is 0. The normalized spacial score (nSPS) is 30.1. The Morgan fingerprint density at radius 1 is 1.50 bits per heavy atom. The van der Waals surface area contributed by atoms with E-state index in [9.17, 15) is 4.79 Å². The van der Waals surface area contributed by atoms with Crippen molar-refractivity contribution in [1.29, 1.82) is 0 Å². The molecule has 1 fully saturated rings. The van der Waals surface area contributed by atoms with Crippen molar-refractivity contribution >= 4 is 29.3 Å². The van der Waals surface area contributed by atoms with Crippen LogP contribution in [0.15, 0.2) is 0 Å². The van der Waals surface area contributed by atoms with Gasteiger partial charge in [-0.15, -0.1) is 23.4 Å². The van der Waals surface area contributed by atoms with Crippen LogP contribution in [-0.2, 0) is 4.79 Å². The Morgan fingerprint density at radius 3 is 2.75 bits per heavy atom. The number of carboxylic acids is 1. The highest BCUT2D eigenvalue weighted by molar-refractivity contribution is 8.00. The zero-order valence-corrected chi connectivity index (χ0v) is 8.40. The summed E-state index contributed by atoms with van der Waals surface area (Å²) >= 11 is 7.53. The monoisotopic (exact) mass is 208 g/mol. The number of thioether (sulfide) groups is 1. The third-order valence-corrected chi connectivity index (χ3v) is 4.12. The third-order valence-electron chi connectivity index (χ3n) is 2.04. The van der Waals surface area contributed by atoms with Gasteiger partial charge in [-0.2, -0.15) is 0 Å². The Kier molecular flexibility index (Phi) is 4.22. The Bertz CT molecular complexity index is 163. The molecule has 0 saturated heterocycles. The Balaban J connectivity index is 2.24. The second-order valence-corrected chi connectivity index (χ2v) is 4.83. The van der Waals surface area contributed by atoms with Gasteiger partial charge in [-0.25, -0.2) is 0 Å². The molecule has 0 aromatic rings. The number of halogens is 1. The minimum Gasteiger partial charge on any atom is -0.481 e. The molecule has 1 rings (SSSR count). The van der Waals surface area contributed by atoms with Gasteiger partial charge >= 0.3 is 5.97 Å². The van der Waals surface area contributed by atoms with E-state index in [1.807, 2.05) is 0 Å². The van der Waals surface area contributed by atoms with E-state index >= 15 is 0 Å². The molecule has 1 aliphatic rings. The van der Waals surface area contributed by atoms with Gasteiger partial charge in [0.15, 0.2) is 0 Å². The molecule has 1 saturated carbocycles. The second-order valence-electron chi connectivity index (χ2n) is 3.04. The van der Waals surface area contributed by atoms with Gasteiger partial charge < -0.3 is 5.11 Å². The van der Waals surface area contributed by atoms with E-state index in [1.54, 1.807) is 0 Å². The van der Waals surface area contributed by atoms with Gasteiger partial charge in [-0.3, -0.25) is 4.79 Å². The summed E-state index contributed by atoms with van der Waals surface area (Å²) in [5.74, 6) is -0.553. The Labute approximate surface area is 81.7 Å². The number of aliphatic carboxylic acids is 1. The maximum atomic E-state index is 10.3. The first-order chi connectivity index (χ1) is 5.70. The van der Waals surface area contributed by atoms with Crippen LogP contribution in [-0.4, -0.2) is 27.5 Å². The first-order valence-electron chi connectivity index (χ1n) is 4.17. The highest BCUT2D eigenvalue weighted by Gasteiger charge is 2.23.